The molecule has 0 spiro atoms. The molecule has 2 aromatic heterocycles. The molecule has 0 radical (unpaired) electrons. The van der Waals surface area contributed by atoms with E-state index >= 15 is 0 Å². The minimum absolute atomic E-state index is 0.00968. The maximum Gasteiger partial charge on any atom is 0.254 e. The highest BCUT2D eigenvalue weighted by Gasteiger charge is 2.26. The third kappa shape index (κ3) is 5.82. The largest absolute Gasteiger partial charge is 0.391 e. The number of pyridine rings is 1. The number of carbonyl (C=O) groups is 2. The Bertz CT molecular complexity index is 1200. The van der Waals surface area contributed by atoms with Gasteiger partial charge < -0.3 is 19.7 Å². The van der Waals surface area contributed by atoms with Crippen molar-refractivity contribution >= 4 is 17.2 Å². The van der Waals surface area contributed by atoms with E-state index in [0.29, 0.717) is 36.3 Å². The third-order valence-corrected chi connectivity index (χ3v) is 6.66. The first-order chi connectivity index (χ1) is 16.7. The van der Waals surface area contributed by atoms with Crippen LogP contribution in [0.15, 0.2) is 48.7 Å². The van der Waals surface area contributed by atoms with E-state index in [9.17, 15) is 14.7 Å². The average molecular weight is 476 g/mol. The molecule has 3 heterocycles. The SMILES string of the molecule is CCc1cc2cc(C(=O)N3CCC(O)C3)ccn2c1C(=O)c1ccc(CCCNC(C)(C)C)cc1. The Hall–Kier alpha value is -2.96. The molecule has 4 rings (SSSR count). The molecule has 1 aliphatic rings. The van der Waals surface area contributed by atoms with Gasteiger partial charge in [0.15, 0.2) is 0 Å². The summed E-state index contributed by atoms with van der Waals surface area (Å²) in [6.45, 7) is 10.4. The second kappa shape index (κ2) is 10.3. The summed E-state index contributed by atoms with van der Waals surface area (Å²) in [5.74, 6) is -0.0889. The number of aromatic nitrogens is 1. The van der Waals surface area contributed by atoms with Crippen molar-refractivity contribution in [1.82, 2.24) is 14.6 Å². The Labute approximate surface area is 208 Å². The highest BCUT2D eigenvalue weighted by atomic mass is 16.3. The number of β-amino-alcohol motifs (C(OH)–C–C–N with tert-alkyl or cyclic N) is 1. The Morgan fingerprint density at radius 2 is 1.83 bits per heavy atom. The summed E-state index contributed by atoms with van der Waals surface area (Å²) in [6.07, 6.45) is 4.73. The lowest BCUT2D eigenvalue weighted by Crippen LogP contribution is -2.36. The number of hydrogen-bond donors (Lipinski definition) is 2. The molecule has 6 nitrogen and oxygen atoms in total. The molecule has 1 aliphatic heterocycles. The van der Waals surface area contributed by atoms with Crippen LogP contribution in [0.25, 0.3) is 5.52 Å². The summed E-state index contributed by atoms with van der Waals surface area (Å²) in [7, 11) is 0. The maximum absolute atomic E-state index is 13.5. The van der Waals surface area contributed by atoms with Crippen LogP contribution in [0, 0.1) is 0 Å². The maximum atomic E-state index is 13.5. The summed E-state index contributed by atoms with van der Waals surface area (Å²) in [5.41, 5.74) is 5.05. The van der Waals surface area contributed by atoms with Gasteiger partial charge in [-0.3, -0.25) is 9.59 Å². The van der Waals surface area contributed by atoms with Gasteiger partial charge in [-0.2, -0.15) is 0 Å². The van der Waals surface area contributed by atoms with Gasteiger partial charge in [-0.05, 0) is 82.3 Å². The first-order valence-electron chi connectivity index (χ1n) is 12.7. The van der Waals surface area contributed by atoms with Crippen LogP contribution in [0.3, 0.4) is 0 Å². The molecule has 1 atom stereocenters. The molecule has 2 N–H and O–H groups in total. The Balaban J connectivity index is 1.51. The van der Waals surface area contributed by atoms with E-state index in [1.807, 2.05) is 53.9 Å². The summed E-state index contributed by atoms with van der Waals surface area (Å²) in [5, 5.41) is 13.3. The number of carbonyl (C=O) groups excluding carboxylic acids is 2. The van der Waals surface area contributed by atoms with Crippen LogP contribution >= 0.6 is 0 Å². The van der Waals surface area contributed by atoms with E-state index < -0.39 is 6.10 Å². The molecule has 186 valence electrons. The lowest BCUT2D eigenvalue weighted by Gasteiger charge is -2.20. The number of ketones is 1. The first-order valence-corrected chi connectivity index (χ1v) is 12.7. The second-order valence-corrected chi connectivity index (χ2v) is 10.6. The number of nitrogens with zero attached hydrogens (tertiary/aromatic N) is 2. The van der Waals surface area contributed by atoms with Crippen LogP contribution in [0.2, 0.25) is 0 Å². The zero-order chi connectivity index (χ0) is 25.2. The highest BCUT2D eigenvalue weighted by Crippen LogP contribution is 2.23. The summed E-state index contributed by atoms with van der Waals surface area (Å²) >= 11 is 0. The smallest absolute Gasteiger partial charge is 0.254 e. The number of fused-ring (bicyclic) bond motifs is 1. The van der Waals surface area contributed by atoms with E-state index in [1.165, 1.54) is 5.56 Å². The molecule has 1 amide bonds. The molecule has 6 heteroatoms. The number of aryl methyl sites for hydroxylation is 2. The number of aliphatic hydroxyl groups excluding tert-OH is 1. The third-order valence-electron chi connectivity index (χ3n) is 6.66. The zero-order valence-electron chi connectivity index (χ0n) is 21.3. The molecule has 0 saturated carbocycles. The quantitative estimate of drug-likeness (QED) is 0.377. The van der Waals surface area contributed by atoms with E-state index in [0.717, 1.165) is 36.9 Å². The fourth-order valence-electron chi connectivity index (χ4n) is 4.72. The Morgan fingerprint density at radius 1 is 1.09 bits per heavy atom. The van der Waals surface area contributed by atoms with E-state index in [4.69, 9.17) is 0 Å². The van der Waals surface area contributed by atoms with Crippen molar-refractivity contribution in [2.75, 3.05) is 19.6 Å². The zero-order valence-corrected chi connectivity index (χ0v) is 21.3. The standard InChI is InChI=1S/C29H37N3O3/c1-5-21-17-24-18-23(28(35)31-15-13-25(33)19-31)12-16-32(24)26(21)27(34)22-10-8-20(9-11-22)7-6-14-30-29(2,3)4/h8-12,16-18,25,30,33H,5-7,13-15,19H2,1-4H3. The molecule has 1 saturated heterocycles. The topological polar surface area (TPSA) is 74.0 Å². The fourth-order valence-corrected chi connectivity index (χ4v) is 4.72. The number of hydrogen-bond acceptors (Lipinski definition) is 4. The normalized spacial score (nSPS) is 16.3. The fraction of sp³-hybridized carbons (Fsp3) is 0.448. The molecule has 0 aliphatic carbocycles. The molecular formula is C29H37N3O3. The summed E-state index contributed by atoms with van der Waals surface area (Å²) < 4.78 is 1.89. The predicted molar refractivity (Wildman–Crippen MR) is 139 cm³/mol. The monoisotopic (exact) mass is 475 g/mol. The van der Waals surface area contributed by atoms with Crippen molar-refractivity contribution < 1.29 is 14.7 Å². The van der Waals surface area contributed by atoms with Crippen LogP contribution in [0.4, 0.5) is 0 Å². The number of rotatable bonds is 8. The van der Waals surface area contributed by atoms with Crippen LogP contribution in [-0.4, -0.2) is 57.4 Å². The number of likely N-dealkylation sites (tertiary alicyclic amines) is 1. The molecule has 1 unspecified atom stereocenters. The van der Waals surface area contributed by atoms with Crippen molar-refractivity contribution in [1.29, 1.82) is 0 Å². The molecule has 0 bridgehead atoms. The van der Waals surface area contributed by atoms with Crippen LogP contribution in [0.1, 0.15) is 78.1 Å². The summed E-state index contributed by atoms with van der Waals surface area (Å²) in [4.78, 5) is 28.1. The number of aliphatic hydroxyl groups is 1. The summed E-state index contributed by atoms with van der Waals surface area (Å²) in [6, 6.07) is 13.6. The van der Waals surface area contributed by atoms with Crippen LogP contribution in [0.5, 0.6) is 0 Å². The van der Waals surface area contributed by atoms with Gasteiger partial charge in [-0.25, -0.2) is 0 Å². The molecular weight excluding hydrogens is 438 g/mol. The van der Waals surface area contributed by atoms with Gasteiger partial charge in [-0.1, -0.05) is 31.2 Å². The molecule has 35 heavy (non-hydrogen) atoms. The van der Waals surface area contributed by atoms with Crippen molar-refractivity contribution in [2.45, 2.75) is 65.0 Å². The van der Waals surface area contributed by atoms with Gasteiger partial charge in [0.25, 0.3) is 5.91 Å². The van der Waals surface area contributed by atoms with Gasteiger partial charge in [0, 0.05) is 41.5 Å². The van der Waals surface area contributed by atoms with Crippen LogP contribution < -0.4 is 5.32 Å². The van der Waals surface area contributed by atoms with Crippen molar-refractivity contribution in [3.63, 3.8) is 0 Å². The lowest BCUT2D eigenvalue weighted by atomic mass is 10.0. The number of nitrogens with one attached hydrogen (secondary N) is 1. The highest BCUT2D eigenvalue weighted by molar-refractivity contribution is 6.10. The Morgan fingerprint density at radius 3 is 2.46 bits per heavy atom. The van der Waals surface area contributed by atoms with Gasteiger partial charge in [-0.15, -0.1) is 0 Å². The molecule has 3 aromatic rings. The van der Waals surface area contributed by atoms with Gasteiger partial charge >= 0.3 is 0 Å². The van der Waals surface area contributed by atoms with Crippen molar-refractivity contribution in [2.24, 2.45) is 0 Å². The van der Waals surface area contributed by atoms with Crippen molar-refractivity contribution in [3.8, 4) is 0 Å². The predicted octanol–water partition coefficient (Wildman–Crippen LogP) is 4.26. The van der Waals surface area contributed by atoms with E-state index in [1.54, 1.807) is 11.0 Å². The van der Waals surface area contributed by atoms with E-state index in [-0.39, 0.29) is 17.2 Å². The average Bonchev–Trinajstić information content (AvgIpc) is 3.43. The van der Waals surface area contributed by atoms with Crippen LogP contribution in [-0.2, 0) is 12.8 Å². The van der Waals surface area contributed by atoms with Gasteiger partial charge in [0.1, 0.15) is 0 Å². The van der Waals surface area contributed by atoms with Crippen molar-refractivity contribution in [3.05, 3.63) is 76.6 Å². The van der Waals surface area contributed by atoms with E-state index in [2.05, 4.69) is 26.1 Å². The minimum atomic E-state index is -0.446. The molecule has 1 aromatic carbocycles. The molecule has 1 fully saturated rings. The first kappa shape index (κ1) is 25.1. The second-order valence-electron chi connectivity index (χ2n) is 10.6. The Kier molecular flexibility index (Phi) is 7.43. The van der Waals surface area contributed by atoms with Gasteiger partial charge in [0.05, 0.1) is 11.8 Å². The lowest BCUT2D eigenvalue weighted by molar-refractivity contribution is 0.0765. The minimum Gasteiger partial charge on any atom is -0.391 e. The number of benzene rings is 1. The number of amides is 1. The van der Waals surface area contributed by atoms with Gasteiger partial charge in [0.2, 0.25) is 5.78 Å².